The summed E-state index contributed by atoms with van der Waals surface area (Å²) < 4.78 is 0. The zero-order valence-electron chi connectivity index (χ0n) is 14.1. The molecular weight excluding hydrogens is 316 g/mol. The third-order valence-corrected chi connectivity index (χ3v) is 4.25. The number of H-pyrrole nitrogens is 1. The summed E-state index contributed by atoms with van der Waals surface area (Å²) in [5.74, 6) is -0.319. The number of carbonyl (C=O) groups excluding carboxylic acids is 1. The average Bonchev–Trinajstić information content (AvgIpc) is 2.90. The summed E-state index contributed by atoms with van der Waals surface area (Å²) in [4.78, 5) is 26.9. The van der Waals surface area contributed by atoms with E-state index in [1.165, 1.54) is 0 Å². The second kappa shape index (κ2) is 6.73. The van der Waals surface area contributed by atoms with Crippen LogP contribution in [0.15, 0.2) is 54.6 Å². The molecule has 2 aromatic carbocycles. The predicted octanol–water partition coefficient (Wildman–Crippen LogP) is 4.36. The van der Waals surface area contributed by atoms with E-state index in [0.717, 1.165) is 11.1 Å². The van der Waals surface area contributed by atoms with Crippen molar-refractivity contribution >= 4 is 11.5 Å². The Kier molecular flexibility index (Phi) is 4.48. The van der Waals surface area contributed by atoms with E-state index in [4.69, 9.17) is 0 Å². The number of hydrogen-bond acceptors (Lipinski definition) is 3. The number of nitrogens with one attached hydrogen (secondary N) is 1. The molecule has 0 aliphatic carbocycles. The van der Waals surface area contributed by atoms with E-state index in [1.54, 1.807) is 26.0 Å². The third kappa shape index (κ3) is 3.21. The number of rotatable bonds is 5. The lowest BCUT2D eigenvalue weighted by Gasteiger charge is -2.09. The fourth-order valence-corrected chi connectivity index (χ4v) is 3.12. The van der Waals surface area contributed by atoms with Gasteiger partial charge in [0, 0.05) is 11.3 Å². The van der Waals surface area contributed by atoms with Crippen LogP contribution in [0.25, 0.3) is 0 Å². The van der Waals surface area contributed by atoms with Crippen molar-refractivity contribution in [3.8, 4) is 0 Å². The Labute approximate surface area is 145 Å². The first-order valence-corrected chi connectivity index (χ1v) is 7.99. The molecule has 1 aromatic heterocycles. The van der Waals surface area contributed by atoms with Gasteiger partial charge in [-0.25, -0.2) is 0 Å². The number of nitro groups is 1. The highest BCUT2D eigenvalue weighted by atomic mass is 16.6. The molecule has 1 N–H and O–H groups in total. The molecule has 0 amide bonds. The van der Waals surface area contributed by atoms with Crippen LogP contribution in [0, 0.1) is 24.0 Å². The van der Waals surface area contributed by atoms with Gasteiger partial charge in [-0.05, 0) is 31.4 Å². The average molecular weight is 334 g/mol. The van der Waals surface area contributed by atoms with Crippen LogP contribution in [-0.4, -0.2) is 15.7 Å². The van der Waals surface area contributed by atoms with E-state index in [1.807, 2.05) is 42.5 Å². The van der Waals surface area contributed by atoms with Crippen molar-refractivity contribution in [3.05, 3.63) is 98.4 Å². The number of aromatic nitrogens is 1. The predicted molar refractivity (Wildman–Crippen MR) is 96.0 cm³/mol. The van der Waals surface area contributed by atoms with Crippen LogP contribution in [0.5, 0.6) is 0 Å². The highest BCUT2D eigenvalue weighted by Crippen LogP contribution is 2.30. The molecule has 3 aromatic rings. The molecule has 0 fully saturated rings. The number of aryl methyl sites for hydroxylation is 2. The van der Waals surface area contributed by atoms with Crippen LogP contribution in [0.1, 0.15) is 38.4 Å². The van der Waals surface area contributed by atoms with E-state index >= 15 is 0 Å². The summed E-state index contributed by atoms with van der Waals surface area (Å²) in [6.07, 6.45) is 0.596. The van der Waals surface area contributed by atoms with E-state index < -0.39 is 4.92 Å². The molecule has 126 valence electrons. The summed E-state index contributed by atoms with van der Waals surface area (Å²) in [5.41, 5.74) is 3.34. The molecule has 0 saturated heterocycles. The van der Waals surface area contributed by atoms with Crippen molar-refractivity contribution in [2.75, 3.05) is 0 Å². The standard InChI is InChI=1S/C20H18N2O3/c1-13-18(19(22(24)25)14(2)21-13)20(23)17-11-7-6-10-16(17)12-15-8-4-3-5-9-15/h3-11,21H,12H2,1-2H3. The number of benzene rings is 2. The Morgan fingerprint density at radius 3 is 2.32 bits per heavy atom. The smallest absolute Gasteiger partial charge is 0.301 e. The van der Waals surface area contributed by atoms with Gasteiger partial charge in [-0.15, -0.1) is 0 Å². The van der Waals surface area contributed by atoms with Gasteiger partial charge < -0.3 is 4.98 Å². The minimum absolute atomic E-state index is 0.142. The molecule has 0 bridgehead atoms. The number of carbonyl (C=O) groups is 1. The first-order valence-electron chi connectivity index (χ1n) is 7.99. The molecule has 0 aliphatic heterocycles. The van der Waals surface area contributed by atoms with Crippen LogP contribution in [-0.2, 0) is 6.42 Å². The Bertz CT molecular complexity index is 943. The summed E-state index contributed by atoms with van der Waals surface area (Å²) in [6.45, 7) is 3.30. The topological polar surface area (TPSA) is 76.0 Å². The van der Waals surface area contributed by atoms with Gasteiger partial charge in [0.1, 0.15) is 5.56 Å². The molecule has 25 heavy (non-hydrogen) atoms. The SMILES string of the molecule is Cc1[nH]c(C)c([N+](=O)[O-])c1C(=O)c1ccccc1Cc1ccccc1. The number of aromatic amines is 1. The van der Waals surface area contributed by atoms with Gasteiger partial charge in [-0.3, -0.25) is 14.9 Å². The molecule has 0 aliphatic rings. The summed E-state index contributed by atoms with van der Waals surface area (Å²) >= 11 is 0. The number of hydrogen-bond donors (Lipinski definition) is 1. The van der Waals surface area contributed by atoms with Gasteiger partial charge >= 0.3 is 5.69 Å². The Morgan fingerprint density at radius 1 is 1.00 bits per heavy atom. The highest BCUT2D eigenvalue weighted by Gasteiger charge is 2.29. The summed E-state index contributed by atoms with van der Waals surface area (Å²) in [7, 11) is 0. The van der Waals surface area contributed by atoms with Gasteiger partial charge in [0.05, 0.1) is 10.6 Å². The minimum atomic E-state index is -0.494. The quantitative estimate of drug-likeness (QED) is 0.428. The molecule has 3 rings (SSSR count). The molecule has 0 atom stereocenters. The number of ketones is 1. The molecule has 0 unspecified atom stereocenters. The van der Waals surface area contributed by atoms with Crippen molar-refractivity contribution < 1.29 is 9.72 Å². The van der Waals surface area contributed by atoms with Crippen LogP contribution >= 0.6 is 0 Å². The van der Waals surface area contributed by atoms with Gasteiger partial charge in [-0.2, -0.15) is 0 Å². The van der Waals surface area contributed by atoms with Crippen LogP contribution in [0.3, 0.4) is 0 Å². The lowest BCUT2D eigenvalue weighted by Crippen LogP contribution is -2.09. The van der Waals surface area contributed by atoms with Crippen molar-refractivity contribution in [1.82, 2.24) is 4.98 Å². The first-order chi connectivity index (χ1) is 12.0. The van der Waals surface area contributed by atoms with Gasteiger partial charge in [0.25, 0.3) is 0 Å². The molecular formula is C20H18N2O3. The maximum absolute atomic E-state index is 13.1. The minimum Gasteiger partial charge on any atom is -0.356 e. The first kappa shape index (κ1) is 16.6. The molecule has 0 radical (unpaired) electrons. The molecule has 5 heteroatoms. The lowest BCUT2D eigenvalue weighted by molar-refractivity contribution is -0.385. The lowest BCUT2D eigenvalue weighted by atomic mass is 9.94. The molecule has 0 saturated carbocycles. The zero-order chi connectivity index (χ0) is 18.0. The Hall–Kier alpha value is -3.21. The van der Waals surface area contributed by atoms with Gasteiger partial charge in [0.2, 0.25) is 5.78 Å². The fourth-order valence-electron chi connectivity index (χ4n) is 3.12. The van der Waals surface area contributed by atoms with E-state index in [9.17, 15) is 14.9 Å². The summed E-state index contributed by atoms with van der Waals surface area (Å²) in [5, 5.41) is 11.4. The fraction of sp³-hybridized carbons (Fsp3) is 0.150. The second-order valence-corrected chi connectivity index (χ2v) is 6.00. The van der Waals surface area contributed by atoms with Crippen molar-refractivity contribution in [3.63, 3.8) is 0 Å². The van der Waals surface area contributed by atoms with Crippen molar-refractivity contribution in [2.24, 2.45) is 0 Å². The van der Waals surface area contributed by atoms with Gasteiger partial charge in [-0.1, -0.05) is 54.6 Å². The third-order valence-electron chi connectivity index (χ3n) is 4.25. The maximum Gasteiger partial charge on any atom is 0.301 e. The maximum atomic E-state index is 13.1. The van der Waals surface area contributed by atoms with E-state index in [0.29, 0.717) is 23.4 Å². The zero-order valence-corrected chi connectivity index (χ0v) is 14.1. The van der Waals surface area contributed by atoms with Gasteiger partial charge in [0.15, 0.2) is 0 Å². The van der Waals surface area contributed by atoms with E-state index in [2.05, 4.69) is 4.98 Å². The Balaban J connectivity index is 2.06. The van der Waals surface area contributed by atoms with Crippen LogP contribution in [0.4, 0.5) is 5.69 Å². The normalized spacial score (nSPS) is 10.6. The molecule has 5 nitrogen and oxygen atoms in total. The second-order valence-electron chi connectivity index (χ2n) is 6.00. The van der Waals surface area contributed by atoms with Crippen LogP contribution < -0.4 is 0 Å². The summed E-state index contributed by atoms with van der Waals surface area (Å²) in [6, 6.07) is 17.1. The highest BCUT2D eigenvalue weighted by molar-refractivity contribution is 6.13. The monoisotopic (exact) mass is 334 g/mol. The van der Waals surface area contributed by atoms with Crippen molar-refractivity contribution in [2.45, 2.75) is 20.3 Å². The Morgan fingerprint density at radius 2 is 1.64 bits per heavy atom. The van der Waals surface area contributed by atoms with E-state index in [-0.39, 0.29) is 17.0 Å². The largest absolute Gasteiger partial charge is 0.356 e. The van der Waals surface area contributed by atoms with Crippen molar-refractivity contribution in [1.29, 1.82) is 0 Å². The molecule has 0 spiro atoms. The number of nitrogens with zero attached hydrogens (tertiary/aromatic N) is 1. The molecule has 1 heterocycles. The van der Waals surface area contributed by atoms with Crippen LogP contribution in [0.2, 0.25) is 0 Å².